The average Bonchev–Trinajstić information content (AvgIpc) is 2.51. The first-order valence-corrected chi connectivity index (χ1v) is 6.40. The van der Waals surface area contributed by atoms with E-state index >= 15 is 0 Å². The van der Waals surface area contributed by atoms with Crippen LogP contribution in [-0.2, 0) is 0 Å². The van der Waals surface area contributed by atoms with Gasteiger partial charge in [0.1, 0.15) is 17.2 Å². The molecule has 116 valence electrons. The van der Waals surface area contributed by atoms with Crippen molar-refractivity contribution in [2.75, 3.05) is 0 Å². The van der Waals surface area contributed by atoms with E-state index in [4.69, 9.17) is 15.3 Å². The van der Waals surface area contributed by atoms with E-state index in [1.54, 1.807) is 72.8 Å². The van der Waals surface area contributed by atoms with Crippen molar-refractivity contribution >= 4 is 0 Å². The predicted octanol–water partition coefficient (Wildman–Crippen LogP) is 4.34. The fourth-order valence-corrected chi connectivity index (χ4v) is 1.28. The SMILES string of the molecule is N.Oc1ccccc1.Oc1ccccc1.Oc1ccccc1. The molecule has 0 saturated heterocycles. The fourth-order valence-electron chi connectivity index (χ4n) is 1.28. The van der Waals surface area contributed by atoms with Crippen molar-refractivity contribution in [2.24, 2.45) is 0 Å². The third-order valence-electron chi connectivity index (χ3n) is 2.27. The summed E-state index contributed by atoms with van der Waals surface area (Å²) in [4.78, 5) is 0. The molecule has 4 nitrogen and oxygen atoms in total. The zero-order valence-electron chi connectivity index (χ0n) is 12.2. The molecule has 3 aromatic rings. The lowest BCUT2D eigenvalue weighted by molar-refractivity contribution is 0.475. The number of phenolic OH excluding ortho intramolecular Hbond substituents is 3. The van der Waals surface area contributed by atoms with Crippen molar-refractivity contribution in [3.63, 3.8) is 0 Å². The minimum absolute atomic E-state index is 0. The minimum Gasteiger partial charge on any atom is -0.508 e. The second-order valence-corrected chi connectivity index (χ2v) is 4.01. The highest BCUT2D eigenvalue weighted by molar-refractivity contribution is 5.19. The Bertz CT molecular complexity index is 497. The molecule has 0 amide bonds. The fraction of sp³-hybridized carbons (Fsp3) is 0. The molecule has 0 aromatic heterocycles. The van der Waals surface area contributed by atoms with Crippen molar-refractivity contribution in [1.82, 2.24) is 6.15 Å². The Morgan fingerprint density at radius 1 is 0.364 bits per heavy atom. The highest BCUT2D eigenvalue weighted by Crippen LogP contribution is 2.04. The maximum absolute atomic E-state index is 8.63. The molecule has 6 N–H and O–H groups in total. The smallest absolute Gasteiger partial charge is 0.115 e. The Hall–Kier alpha value is -2.98. The predicted molar refractivity (Wildman–Crippen MR) is 89.3 cm³/mol. The number of phenols is 3. The maximum Gasteiger partial charge on any atom is 0.115 e. The number of para-hydroxylation sites is 3. The van der Waals surface area contributed by atoms with E-state index in [9.17, 15) is 0 Å². The Balaban J connectivity index is 0.000000294. The van der Waals surface area contributed by atoms with Gasteiger partial charge >= 0.3 is 0 Å². The van der Waals surface area contributed by atoms with Crippen LogP contribution in [0, 0.1) is 0 Å². The van der Waals surface area contributed by atoms with Gasteiger partial charge in [-0.1, -0.05) is 54.6 Å². The van der Waals surface area contributed by atoms with Gasteiger partial charge in [-0.2, -0.15) is 0 Å². The van der Waals surface area contributed by atoms with Crippen molar-refractivity contribution in [1.29, 1.82) is 0 Å². The summed E-state index contributed by atoms with van der Waals surface area (Å²) >= 11 is 0. The molecule has 3 aromatic carbocycles. The van der Waals surface area contributed by atoms with Gasteiger partial charge in [0.05, 0.1) is 0 Å². The standard InChI is InChI=1S/3C6H6O.H3N/c3*7-6-4-2-1-3-5-6;/h3*1-5,7H;1H3. The molecule has 0 fully saturated rings. The summed E-state index contributed by atoms with van der Waals surface area (Å²) in [6.45, 7) is 0. The van der Waals surface area contributed by atoms with E-state index in [1.807, 2.05) is 18.2 Å². The monoisotopic (exact) mass is 299 g/mol. The lowest BCUT2D eigenvalue weighted by Crippen LogP contribution is -1.56. The highest BCUT2D eigenvalue weighted by Gasteiger charge is 1.76. The van der Waals surface area contributed by atoms with E-state index in [2.05, 4.69) is 0 Å². The van der Waals surface area contributed by atoms with Gasteiger partial charge in [0.2, 0.25) is 0 Å². The third-order valence-corrected chi connectivity index (χ3v) is 2.27. The Morgan fingerprint density at radius 3 is 0.636 bits per heavy atom. The van der Waals surface area contributed by atoms with Gasteiger partial charge in [0, 0.05) is 0 Å². The van der Waals surface area contributed by atoms with Crippen LogP contribution in [0.2, 0.25) is 0 Å². The molecule has 22 heavy (non-hydrogen) atoms. The van der Waals surface area contributed by atoms with Crippen LogP contribution < -0.4 is 6.15 Å². The van der Waals surface area contributed by atoms with Crippen LogP contribution in [0.5, 0.6) is 17.2 Å². The quantitative estimate of drug-likeness (QED) is 0.496. The van der Waals surface area contributed by atoms with E-state index in [0.717, 1.165) is 0 Å². The topological polar surface area (TPSA) is 95.7 Å². The van der Waals surface area contributed by atoms with Crippen LogP contribution in [0.25, 0.3) is 0 Å². The molecule has 4 heteroatoms. The first-order chi connectivity index (χ1) is 10.2. The first kappa shape index (κ1) is 19.0. The molecule has 0 aliphatic heterocycles. The van der Waals surface area contributed by atoms with Gasteiger partial charge in [-0.3, -0.25) is 0 Å². The van der Waals surface area contributed by atoms with Gasteiger partial charge in [-0.25, -0.2) is 0 Å². The molecular weight excluding hydrogens is 278 g/mol. The molecule has 0 saturated carbocycles. The van der Waals surface area contributed by atoms with Gasteiger partial charge in [0.15, 0.2) is 0 Å². The summed E-state index contributed by atoms with van der Waals surface area (Å²) in [6, 6.07) is 26.1. The zero-order chi connectivity index (χ0) is 15.3. The number of benzene rings is 3. The van der Waals surface area contributed by atoms with Crippen LogP contribution >= 0.6 is 0 Å². The number of rotatable bonds is 0. The molecule has 0 unspecified atom stereocenters. The second kappa shape index (κ2) is 11.8. The third kappa shape index (κ3) is 9.89. The molecule has 0 aliphatic carbocycles. The molecule has 0 radical (unpaired) electrons. The summed E-state index contributed by atoms with van der Waals surface area (Å²) in [7, 11) is 0. The summed E-state index contributed by atoms with van der Waals surface area (Å²) in [5, 5.41) is 25.9. The van der Waals surface area contributed by atoms with Gasteiger partial charge in [0.25, 0.3) is 0 Å². The summed E-state index contributed by atoms with van der Waals surface area (Å²) in [6.07, 6.45) is 0. The number of aromatic hydroxyl groups is 3. The lowest BCUT2D eigenvalue weighted by Gasteiger charge is -1.82. The van der Waals surface area contributed by atoms with E-state index in [0.29, 0.717) is 17.2 Å². The Kier molecular flexibility index (Phi) is 10.2. The van der Waals surface area contributed by atoms with Crippen LogP contribution in [0.3, 0.4) is 0 Å². The normalized spacial score (nSPS) is 8.18. The van der Waals surface area contributed by atoms with Crippen LogP contribution in [-0.4, -0.2) is 15.3 Å². The van der Waals surface area contributed by atoms with E-state index in [1.165, 1.54) is 0 Å². The van der Waals surface area contributed by atoms with Crippen LogP contribution in [0.1, 0.15) is 0 Å². The van der Waals surface area contributed by atoms with Gasteiger partial charge in [-0.15, -0.1) is 0 Å². The van der Waals surface area contributed by atoms with Crippen LogP contribution in [0.15, 0.2) is 91.0 Å². The molecule has 0 aliphatic rings. The number of hydrogen-bond acceptors (Lipinski definition) is 4. The minimum atomic E-state index is 0. The largest absolute Gasteiger partial charge is 0.508 e. The first-order valence-electron chi connectivity index (χ1n) is 6.40. The van der Waals surface area contributed by atoms with Crippen molar-refractivity contribution < 1.29 is 15.3 Å². The van der Waals surface area contributed by atoms with Gasteiger partial charge < -0.3 is 21.5 Å². The molecule has 3 rings (SSSR count). The van der Waals surface area contributed by atoms with Crippen molar-refractivity contribution in [3.05, 3.63) is 91.0 Å². The lowest BCUT2D eigenvalue weighted by atomic mass is 10.3. The van der Waals surface area contributed by atoms with Crippen molar-refractivity contribution in [3.8, 4) is 17.2 Å². The van der Waals surface area contributed by atoms with Crippen molar-refractivity contribution in [2.45, 2.75) is 0 Å². The molecular formula is C18H21NO3. The Morgan fingerprint density at radius 2 is 0.545 bits per heavy atom. The summed E-state index contributed by atoms with van der Waals surface area (Å²) < 4.78 is 0. The molecule has 0 spiro atoms. The zero-order valence-corrected chi connectivity index (χ0v) is 12.2. The van der Waals surface area contributed by atoms with E-state index < -0.39 is 0 Å². The maximum atomic E-state index is 8.63. The molecule has 0 atom stereocenters. The highest BCUT2D eigenvalue weighted by atomic mass is 16.3. The number of hydrogen-bond donors (Lipinski definition) is 4. The molecule has 0 bridgehead atoms. The second-order valence-electron chi connectivity index (χ2n) is 4.01. The van der Waals surface area contributed by atoms with Gasteiger partial charge in [-0.05, 0) is 36.4 Å². The van der Waals surface area contributed by atoms with E-state index in [-0.39, 0.29) is 6.15 Å². The average molecular weight is 299 g/mol. The molecule has 0 heterocycles. The summed E-state index contributed by atoms with van der Waals surface area (Å²) in [5.41, 5.74) is 0. The summed E-state index contributed by atoms with van der Waals surface area (Å²) in [5.74, 6) is 0.965. The van der Waals surface area contributed by atoms with Crippen LogP contribution in [0.4, 0.5) is 0 Å². The Labute approximate surface area is 130 Å².